The second-order valence-corrected chi connectivity index (χ2v) is 6.25. The van der Waals surface area contributed by atoms with E-state index in [1.54, 1.807) is 12.5 Å². The second kappa shape index (κ2) is 6.60. The summed E-state index contributed by atoms with van der Waals surface area (Å²) in [6.45, 7) is 0.598. The van der Waals surface area contributed by atoms with E-state index < -0.39 is 0 Å². The zero-order valence-electron chi connectivity index (χ0n) is 13.9. The summed E-state index contributed by atoms with van der Waals surface area (Å²) >= 11 is 0. The van der Waals surface area contributed by atoms with Crippen LogP contribution in [-0.4, -0.2) is 28.2 Å². The van der Waals surface area contributed by atoms with E-state index in [-0.39, 0.29) is 18.2 Å². The van der Waals surface area contributed by atoms with Crippen molar-refractivity contribution in [2.24, 2.45) is 7.05 Å². The average molecular weight is 340 g/mol. The molecule has 0 saturated carbocycles. The summed E-state index contributed by atoms with van der Waals surface area (Å²) in [5, 5.41) is 6.89. The van der Waals surface area contributed by atoms with Crippen LogP contribution in [-0.2, 0) is 11.8 Å². The van der Waals surface area contributed by atoms with Crippen LogP contribution in [0.2, 0.25) is 0 Å². The molecule has 3 heterocycles. The normalized spacial score (nSPS) is 20.5. The minimum atomic E-state index is -0.226. The van der Waals surface area contributed by atoms with Crippen molar-refractivity contribution in [3.63, 3.8) is 0 Å². The molecular formula is C18H20N4O3. The van der Waals surface area contributed by atoms with Crippen molar-refractivity contribution in [1.29, 1.82) is 0 Å². The van der Waals surface area contributed by atoms with Crippen molar-refractivity contribution >= 4 is 22.7 Å². The van der Waals surface area contributed by atoms with Gasteiger partial charge in [0.2, 0.25) is 0 Å². The molecule has 2 N–H and O–H groups in total. The van der Waals surface area contributed by atoms with Gasteiger partial charge in [-0.2, -0.15) is 0 Å². The lowest BCUT2D eigenvalue weighted by Crippen LogP contribution is -2.42. The largest absolute Gasteiger partial charge is 0.464 e. The Morgan fingerprint density at radius 2 is 2.28 bits per heavy atom. The van der Waals surface area contributed by atoms with E-state index in [0.29, 0.717) is 18.7 Å². The molecule has 2 unspecified atom stereocenters. The standard InChI is InChI=1S/C18H20N4O3/c1-22-7-6-19-17(22)16-11-14(5-9-25-16)21-18(23)20-13-3-2-12-4-8-24-15(12)10-13/h2-4,6-8,10,14,16H,5,9,11H2,1H3,(H2,20,21,23). The van der Waals surface area contributed by atoms with Crippen molar-refractivity contribution in [2.75, 3.05) is 11.9 Å². The number of aryl methyl sites for hydroxylation is 1. The zero-order chi connectivity index (χ0) is 17.2. The van der Waals surface area contributed by atoms with E-state index in [9.17, 15) is 4.79 Å². The van der Waals surface area contributed by atoms with Crippen molar-refractivity contribution < 1.29 is 13.9 Å². The van der Waals surface area contributed by atoms with E-state index in [1.807, 2.05) is 42.1 Å². The highest BCUT2D eigenvalue weighted by atomic mass is 16.5. The van der Waals surface area contributed by atoms with Gasteiger partial charge >= 0.3 is 6.03 Å². The molecule has 2 aromatic heterocycles. The van der Waals surface area contributed by atoms with Crippen molar-refractivity contribution in [2.45, 2.75) is 25.0 Å². The Morgan fingerprint density at radius 3 is 3.12 bits per heavy atom. The van der Waals surface area contributed by atoms with E-state index in [2.05, 4.69) is 15.6 Å². The van der Waals surface area contributed by atoms with Gasteiger partial charge in [-0.05, 0) is 24.6 Å². The van der Waals surface area contributed by atoms with Crippen LogP contribution in [0.1, 0.15) is 24.8 Å². The van der Waals surface area contributed by atoms with Gasteiger partial charge in [0.05, 0.1) is 6.26 Å². The van der Waals surface area contributed by atoms with E-state index in [4.69, 9.17) is 9.15 Å². The monoisotopic (exact) mass is 340 g/mol. The van der Waals surface area contributed by atoms with Gasteiger partial charge in [0.1, 0.15) is 17.5 Å². The predicted molar refractivity (Wildman–Crippen MR) is 93.3 cm³/mol. The fourth-order valence-corrected chi connectivity index (χ4v) is 3.18. The molecule has 2 amide bonds. The molecule has 3 aromatic rings. The lowest BCUT2D eigenvalue weighted by Gasteiger charge is -2.29. The van der Waals surface area contributed by atoms with Gasteiger partial charge in [0, 0.05) is 55.7 Å². The molecule has 1 fully saturated rings. The van der Waals surface area contributed by atoms with Gasteiger partial charge in [-0.25, -0.2) is 9.78 Å². The second-order valence-electron chi connectivity index (χ2n) is 6.25. The highest BCUT2D eigenvalue weighted by Crippen LogP contribution is 2.27. The number of nitrogens with zero attached hydrogens (tertiary/aromatic N) is 2. The van der Waals surface area contributed by atoms with Crippen LogP contribution < -0.4 is 10.6 Å². The highest BCUT2D eigenvalue weighted by molar-refractivity contribution is 5.92. The van der Waals surface area contributed by atoms with Crippen LogP contribution in [0.15, 0.2) is 47.3 Å². The number of imidazole rings is 1. The Hall–Kier alpha value is -2.80. The van der Waals surface area contributed by atoms with E-state index in [1.165, 1.54) is 0 Å². The lowest BCUT2D eigenvalue weighted by molar-refractivity contribution is -0.00410. The van der Waals surface area contributed by atoms with E-state index in [0.717, 1.165) is 23.2 Å². The molecule has 130 valence electrons. The fraction of sp³-hybridized carbons (Fsp3) is 0.333. The molecule has 7 heteroatoms. The smallest absolute Gasteiger partial charge is 0.319 e. The molecule has 1 saturated heterocycles. The number of rotatable bonds is 3. The maximum atomic E-state index is 12.3. The highest BCUT2D eigenvalue weighted by Gasteiger charge is 2.27. The third-order valence-corrected chi connectivity index (χ3v) is 4.48. The van der Waals surface area contributed by atoms with Crippen molar-refractivity contribution in [3.05, 3.63) is 48.7 Å². The number of furan rings is 1. The topological polar surface area (TPSA) is 81.3 Å². The summed E-state index contributed by atoms with van der Waals surface area (Å²) in [5.41, 5.74) is 1.45. The van der Waals surface area contributed by atoms with Gasteiger partial charge < -0.3 is 24.4 Å². The van der Waals surface area contributed by atoms with Crippen LogP contribution in [0.5, 0.6) is 0 Å². The summed E-state index contributed by atoms with van der Waals surface area (Å²) in [7, 11) is 1.94. The van der Waals surface area contributed by atoms with Crippen LogP contribution in [0, 0.1) is 0 Å². The number of carbonyl (C=O) groups excluding carboxylic acids is 1. The first-order chi connectivity index (χ1) is 12.2. The van der Waals surface area contributed by atoms with Crippen molar-refractivity contribution in [3.8, 4) is 0 Å². The molecule has 2 atom stereocenters. The molecule has 0 radical (unpaired) electrons. The molecule has 0 bridgehead atoms. The molecule has 25 heavy (non-hydrogen) atoms. The number of benzene rings is 1. The van der Waals surface area contributed by atoms with Gasteiger partial charge in [-0.3, -0.25) is 0 Å². The molecule has 1 aliphatic rings. The van der Waals surface area contributed by atoms with E-state index >= 15 is 0 Å². The predicted octanol–water partition coefficient (Wildman–Crippen LogP) is 3.21. The SMILES string of the molecule is Cn1ccnc1C1CC(NC(=O)Nc2ccc3ccoc3c2)CCO1. The molecule has 0 aliphatic carbocycles. The first-order valence-corrected chi connectivity index (χ1v) is 8.32. The molecule has 0 spiro atoms. The Morgan fingerprint density at radius 1 is 1.36 bits per heavy atom. The minimum Gasteiger partial charge on any atom is -0.464 e. The van der Waals surface area contributed by atoms with Crippen LogP contribution in [0.3, 0.4) is 0 Å². The summed E-state index contributed by atoms with van der Waals surface area (Å²) in [6.07, 6.45) is 6.68. The van der Waals surface area contributed by atoms with Gasteiger partial charge in [-0.1, -0.05) is 0 Å². The molecule has 1 aromatic carbocycles. The number of urea groups is 1. The molecular weight excluding hydrogens is 320 g/mol. The molecule has 7 nitrogen and oxygen atoms in total. The number of amides is 2. The maximum Gasteiger partial charge on any atom is 0.319 e. The number of hydrogen-bond acceptors (Lipinski definition) is 4. The third kappa shape index (κ3) is 3.36. The maximum absolute atomic E-state index is 12.3. The first-order valence-electron chi connectivity index (χ1n) is 8.32. The number of ether oxygens (including phenoxy) is 1. The molecule has 4 rings (SSSR count). The Kier molecular flexibility index (Phi) is 4.15. The number of fused-ring (bicyclic) bond motifs is 1. The number of hydrogen-bond donors (Lipinski definition) is 2. The van der Waals surface area contributed by atoms with Crippen LogP contribution in [0.25, 0.3) is 11.0 Å². The van der Waals surface area contributed by atoms with Crippen LogP contribution in [0.4, 0.5) is 10.5 Å². The fourth-order valence-electron chi connectivity index (χ4n) is 3.18. The number of anilines is 1. The minimum absolute atomic E-state index is 0.0443. The zero-order valence-corrected chi connectivity index (χ0v) is 13.9. The van der Waals surface area contributed by atoms with Gasteiger partial charge in [-0.15, -0.1) is 0 Å². The number of aromatic nitrogens is 2. The Labute approximate surface area is 145 Å². The quantitative estimate of drug-likeness (QED) is 0.767. The molecule has 1 aliphatic heterocycles. The summed E-state index contributed by atoms with van der Waals surface area (Å²) < 4.78 is 13.1. The Bertz CT molecular complexity index is 885. The summed E-state index contributed by atoms with van der Waals surface area (Å²) in [5.74, 6) is 0.884. The number of nitrogens with one attached hydrogen (secondary N) is 2. The summed E-state index contributed by atoms with van der Waals surface area (Å²) in [4.78, 5) is 16.6. The summed E-state index contributed by atoms with van der Waals surface area (Å²) in [6, 6.07) is 7.30. The first kappa shape index (κ1) is 15.7. The van der Waals surface area contributed by atoms with Crippen LogP contribution >= 0.6 is 0 Å². The average Bonchev–Trinajstić information content (AvgIpc) is 3.23. The third-order valence-electron chi connectivity index (χ3n) is 4.48. The van der Waals surface area contributed by atoms with Crippen molar-refractivity contribution in [1.82, 2.24) is 14.9 Å². The van der Waals surface area contributed by atoms with Gasteiger partial charge in [0.15, 0.2) is 0 Å². The number of carbonyl (C=O) groups is 1. The van der Waals surface area contributed by atoms with Gasteiger partial charge in [0.25, 0.3) is 0 Å². The lowest BCUT2D eigenvalue weighted by atomic mass is 10.0. The Balaban J connectivity index is 1.37.